The standard InChI is InChI=1S/C18H20N6O/c25-18(16-6-7-17-20-21-22-24(17)13-16)19-9-11-23-10-8-15(12-23)14-4-2-1-3-5-14/h1-7,13,15H,8-12H2,(H,19,25). The predicted octanol–water partition coefficient (Wildman–Crippen LogP) is 1.34. The van der Waals surface area contributed by atoms with Crippen LogP contribution in [-0.4, -0.2) is 57.0 Å². The van der Waals surface area contributed by atoms with E-state index in [1.807, 2.05) is 0 Å². The summed E-state index contributed by atoms with van der Waals surface area (Å²) in [7, 11) is 0. The zero-order chi connectivity index (χ0) is 17.1. The number of tetrazole rings is 1. The summed E-state index contributed by atoms with van der Waals surface area (Å²) in [6.45, 7) is 3.62. The van der Waals surface area contributed by atoms with Crippen molar-refractivity contribution in [3.63, 3.8) is 0 Å². The van der Waals surface area contributed by atoms with E-state index < -0.39 is 0 Å². The highest BCUT2D eigenvalue weighted by Crippen LogP contribution is 2.26. The normalized spacial score (nSPS) is 17.8. The maximum absolute atomic E-state index is 12.3. The SMILES string of the molecule is O=C(NCCN1CCC(c2ccccc2)C1)c1ccc2nnnn2c1. The Kier molecular flexibility index (Phi) is 4.39. The first-order valence-corrected chi connectivity index (χ1v) is 8.53. The molecule has 3 aromatic rings. The molecule has 1 atom stereocenters. The number of carbonyl (C=O) groups is 1. The van der Waals surface area contributed by atoms with Crippen molar-refractivity contribution in [3.8, 4) is 0 Å². The quantitative estimate of drug-likeness (QED) is 0.761. The van der Waals surface area contributed by atoms with Crippen molar-refractivity contribution < 1.29 is 4.79 Å². The molecule has 1 amide bonds. The fraction of sp³-hybridized carbons (Fsp3) is 0.333. The molecule has 25 heavy (non-hydrogen) atoms. The van der Waals surface area contributed by atoms with Crippen molar-refractivity contribution >= 4 is 11.6 Å². The van der Waals surface area contributed by atoms with Gasteiger partial charge >= 0.3 is 0 Å². The van der Waals surface area contributed by atoms with Crippen LogP contribution < -0.4 is 5.32 Å². The minimum absolute atomic E-state index is 0.101. The average Bonchev–Trinajstić information content (AvgIpc) is 3.31. The maximum Gasteiger partial charge on any atom is 0.252 e. The molecule has 0 bridgehead atoms. The molecule has 1 N–H and O–H groups in total. The van der Waals surface area contributed by atoms with Crippen LogP contribution in [0.1, 0.15) is 28.3 Å². The van der Waals surface area contributed by atoms with Crippen LogP contribution in [0.25, 0.3) is 5.65 Å². The summed E-state index contributed by atoms with van der Waals surface area (Å²) in [6, 6.07) is 14.1. The second-order valence-electron chi connectivity index (χ2n) is 6.35. The Morgan fingerprint density at radius 3 is 2.96 bits per heavy atom. The molecule has 1 aliphatic heterocycles. The number of pyridine rings is 1. The number of nitrogens with zero attached hydrogens (tertiary/aromatic N) is 5. The Balaban J connectivity index is 1.27. The number of hydrogen-bond acceptors (Lipinski definition) is 5. The molecule has 0 radical (unpaired) electrons. The fourth-order valence-electron chi connectivity index (χ4n) is 3.34. The largest absolute Gasteiger partial charge is 0.351 e. The summed E-state index contributed by atoms with van der Waals surface area (Å²) < 4.78 is 1.50. The van der Waals surface area contributed by atoms with Gasteiger partial charge in [0.15, 0.2) is 5.65 Å². The molecular formula is C18H20N6O. The average molecular weight is 336 g/mol. The lowest BCUT2D eigenvalue weighted by atomic mass is 9.99. The lowest BCUT2D eigenvalue weighted by Crippen LogP contribution is -2.33. The van der Waals surface area contributed by atoms with Crippen molar-refractivity contribution in [1.29, 1.82) is 0 Å². The number of benzene rings is 1. The lowest BCUT2D eigenvalue weighted by Gasteiger charge is -2.16. The van der Waals surface area contributed by atoms with Crippen molar-refractivity contribution in [1.82, 2.24) is 30.3 Å². The first-order chi connectivity index (χ1) is 12.3. The molecule has 1 saturated heterocycles. The van der Waals surface area contributed by atoms with E-state index >= 15 is 0 Å². The topological polar surface area (TPSA) is 75.4 Å². The van der Waals surface area contributed by atoms with Gasteiger partial charge in [-0.3, -0.25) is 4.79 Å². The molecule has 3 heterocycles. The zero-order valence-corrected chi connectivity index (χ0v) is 13.9. The van der Waals surface area contributed by atoms with Crippen LogP contribution in [0.2, 0.25) is 0 Å². The van der Waals surface area contributed by atoms with Crippen LogP contribution in [-0.2, 0) is 0 Å². The summed E-state index contributed by atoms with van der Waals surface area (Å²) in [5.74, 6) is 0.496. The van der Waals surface area contributed by atoms with Gasteiger partial charge < -0.3 is 10.2 Å². The Labute approximate surface area is 145 Å². The van der Waals surface area contributed by atoms with Gasteiger partial charge in [0.25, 0.3) is 5.91 Å². The highest BCUT2D eigenvalue weighted by atomic mass is 16.1. The lowest BCUT2D eigenvalue weighted by molar-refractivity contribution is 0.0949. The Morgan fingerprint density at radius 1 is 1.20 bits per heavy atom. The number of carbonyl (C=O) groups excluding carboxylic acids is 1. The molecule has 7 nitrogen and oxygen atoms in total. The summed E-state index contributed by atoms with van der Waals surface area (Å²) in [5.41, 5.74) is 2.59. The van der Waals surface area contributed by atoms with E-state index in [0.29, 0.717) is 23.7 Å². The predicted molar refractivity (Wildman–Crippen MR) is 93.4 cm³/mol. The molecular weight excluding hydrogens is 316 g/mol. The van der Waals surface area contributed by atoms with E-state index in [4.69, 9.17) is 0 Å². The fourth-order valence-corrected chi connectivity index (χ4v) is 3.34. The molecule has 4 rings (SSSR count). The third kappa shape index (κ3) is 3.51. The van der Waals surface area contributed by atoms with E-state index in [-0.39, 0.29) is 5.91 Å². The number of aromatic nitrogens is 4. The van der Waals surface area contributed by atoms with Crippen LogP contribution in [0.15, 0.2) is 48.7 Å². The van der Waals surface area contributed by atoms with E-state index in [1.165, 1.54) is 16.5 Å². The zero-order valence-electron chi connectivity index (χ0n) is 13.9. The summed E-state index contributed by atoms with van der Waals surface area (Å²) in [4.78, 5) is 14.7. The smallest absolute Gasteiger partial charge is 0.252 e. The maximum atomic E-state index is 12.3. The van der Waals surface area contributed by atoms with E-state index in [2.05, 4.69) is 56.1 Å². The number of rotatable bonds is 5. The highest BCUT2D eigenvalue weighted by molar-refractivity contribution is 5.94. The molecule has 0 spiro atoms. The van der Waals surface area contributed by atoms with Gasteiger partial charge in [-0.15, -0.1) is 5.10 Å². The molecule has 0 aliphatic carbocycles. The van der Waals surface area contributed by atoms with Gasteiger partial charge in [-0.05, 0) is 47.0 Å². The third-order valence-corrected chi connectivity index (χ3v) is 4.71. The molecule has 128 valence electrons. The van der Waals surface area contributed by atoms with Gasteiger partial charge in [0.2, 0.25) is 0 Å². The molecule has 1 aliphatic rings. The second kappa shape index (κ2) is 6.98. The van der Waals surface area contributed by atoms with Gasteiger partial charge in [0.1, 0.15) is 0 Å². The number of amides is 1. The number of hydrogen-bond donors (Lipinski definition) is 1. The van der Waals surface area contributed by atoms with Crippen molar-refractivity contribution in [2.24, 2.45) is 0 Å². The Bertz CT molecular complexity index is 862. The van der Waals surface area contributed by atoms with Crippen molar-refractivity contribution in [3.05, 3.63) is 59.8 Å². The van der Waals surface area contributed by atoms with Gasteiger partial charge in [-0.2, -0.15) is 4.52 Å². The van der Waals surface area contributed by atoms with Crippen LogP contribution in [0.4, 0.5) is 0 Å². The summed E-state index contributed by atoms with van der Waals surface area (Å²) in [5, 5.41) is 14.2. The van der Waals surface area contributed by atoms with Gasteiger partial charge in [-0.25, -0.2) is 0 Å². The highest BCUT2D eigenvalue weighted by Gasteiger charge is 2.23. The van der Waals surface area contributed by atoms with Gasteiger partial charge in [-0.1, -0.05) is 30.3 Å². The number of nitrogens with one attached hydrogen (secondary N) is 1. The Morgan fingerprint density at radius 2 is 2.08 bits per heavy atom. The summed E-state index contributed by atoms with van der Waals surface area (Å²) in [6.07, 6.45) is 2.82. The molecule has 2 aromatic heterocycles. The first-order valence-electron chi connectivity index (χ1n) is 8.53. The van der Waals surface area contributed by atoms with E-state index in [9.17, 15) is 4.79 Å². The number of fused-ring (bicyclic) bond motifs is 1. The molecule has 1 unspecified atom stereocenters. The van der Waals surface area contributed by atoms with Crippen LogP contribution >= 0.6 is 0 Å². The van der Waals surface area contributed by atoms with Crippen molar-refractivity contribution in [2.75, 3.05) is 26.2 Å². The molecule has 1 aromatic carbocycles. The molecule has 7 heteroatoms. The monoisotopic (exact) mass is 336 g/mol. The van der Waals surface area contributed by atoms with E-state index in [1.54, 1.807) is 18.3 Å². The Hall–Kier alpha value is -2.80. The van der Waals surface area contributed by atoms with Gasteiger partial charge in [0, 0.05) is 25.8 Å². The third-order valence-electron chi connectivity index (χ3n) is 4.71. The first kappa shape index (κ1) is 15.7. The van der Waals surface area contributed by atoms with Crippen LogP contribution in [0, 0.1) is 0 Å². The van der Waals surface area contributed by atoms with Crippen LogP contribution in [0.5, 0.6) is 0 Å². The molecule has 1 fully saturated rings. The van der Waals surface area contributed by atoms with Crippen LogP contribution in [0.3, 0.4) is 0 Å². The second-order valence-corrected chi connectivity index (χ2v) is 6.35. The van der Waals surface area contributed by atoms with Gasteiger partial charge in [0.05, 0.1) is 5.56 Å². The molecule has 0 saturated carbocycles. The summed E-state index contributed by atoms with van der Waals surface area (Å²) >= 11 is 0. The minimum atomic E-state index is -0.101. The minimum Gasteiger partial charge on any atom is -0.351 e. The van der Waals surface area contributed by atoms with E-state index in [0.717, 1.165) is 19.6 Å². The number of likely N-dealkylation sites (tertiary alicyclic amines) is 1. The van der Waals surface area contributed by atoms with Crippen molar-refractivity contribution in [2.45, 2.75) is 12.3 Å².